The maximum absolute atomic E-state index is 11.7. The molecular weight excluding hydrogens is 260 g/mol. The lowest BCUT2D eigenvalue weighted by Gasteiger charge is -2.27. The highest BCUT2D eigenvalue weighted by atomic mass is 32.1. The van der Waals surface area contributed by atoms with Gasteiger partial charge in [-0.1, -0.05) is 19.9 Å². The molecule has 1 aromatic rings. The van der Waals surface area contributed by atoms with Crippen LogP contribution >= 0.6 is 11.3 Å². The van der Waals surface area contributed by atoms with Gasteiger partial charge in [0.15, 0.2) is 0 Å². The number of carboxylic acids is 1. The zero-order valence-corrected chi connectivity index (χ0v) is 11.9. The minimum absolute atomic E-state index is 0.167. The second-order valence-corrected chi connectivity index (χ2v) is 6.54. The number of carboxylic acid groups (broad SMARTS) is 1. The summed E-state index contributed by atoms with van der Waals surface area (Å²) in [6.45, 7) is 4.01. The minimum Gasteiger partial charge on any atom is -0.480 e. The van der Waals surface area contributed by atoms with Crippen molar-refractivity contribution in [1.82, 2.24) is 5.32 Å². The van der Waals surface area contributed by atoms with Crippen molar-refractivity contribution in [3.63, 3.8) is 0 Å². The molecule has 0 radical (unpaired) electrons. The third kappa shape index (κ3) is 2.65. The Hall–Kier alpha value is -1.38. The van der Waals surface area contributed by atoms with E-state index >= 15 is 0 Å². The topological polar surface area (TPSA) is 73.1 Å². The fourth-order valence-corrected chi connectivity index (χ4v) is 3.73. The molecule has 1 aromatic heterocycles. The van der Waals surface area contributed by atoms with Crippen LogP contribution < -0.4 is 5.32 Å². The van der Waals surface area contributed by atoms with E-state index in [1.807, 2.05) is 31.4 Å². The molecule has 3 atom stereocenters. The molecule has 0 unspecified atom stereocenters. The van der Waals surface area contributed by atoms with Crippen LogP contribution in [-0.2, 0) is 4.79 Å². The van der Waals surface area contributed by atoms with Gasteiger partial charge in [0.2, 0.25) is 0 Å². The molecule has 0 amide bonds. The Labute approximate surface area is 117 Å². The standard InChI is InChI=1S/C14H18N2O2S/c1-9(2)6-14(13(17)18)7-10(8-15)12(16-14)11-4-3-5-19-11/h3-5,9-10,12,16H,6-7H2,1-2H3,(H,17,18)/t10-,12+,14-/m0/s1. The lowest BCUT2D eigenvalue weighted by atomic mass is 9.85. The Morgan fingerprint density at radius 3 is 2.95 bits per heavy atom. The second-order valence-electron chi connectivity index (χ2n) is 5.56. The average Bonchev–Trinajstić information content (AvgIpc) is 2.94. The number of hydrogen-bond donors (Lipinski definition) is 2. The lowest BCUT2D eigenvalue weighted by molar-refractivity contribution is -0.145. The third-order valence-corrected chi connectivity index (χ3v) is 4.54. The van der Waals surface area contributed by atoms with Crippen molar-refractivity contribution >= 4 is 17.3 Å². The molecule has 5 heteroatoms. The van der Waals surface area contributed by atoms with Crippen molar-refractivity contribution in [2.45, 2.75) is 38.3 Å². The SMILES string of the molecule is CC(C)C[C@@]1(C(=O)O)C[C@@H](C#N)[C@H](c2cccs2)N1. The average molecular weight is 278 g/mol. The predicted octanol–water partition coefficient (Wildman–Crippen LogP) is 2.79. The first kappa shape index (κ1) is 14.0. The molecule has 19 heavy (non-hydrogen) atoms. The van der Waals surface area contributed by atoms with Crippen molar-refractivity contribution in [2.75, 3.05) is 0 Å². The summed E-state index contributed by atoms with van der Waals surface area (Å²) in [5.74, 6) is -0.862. The molecule has 0 aliphatic carbocycles. The summed E-state index contributed by atoms with van der Waals surface area (Å²) in [6.07, 6.45) is 0.919. The maximum atomic E-state index is 11.7. The second kappa shape index (κ2) is 5.32. The van der Waals surface area contributed by atoms with Crippen molar-refractivity contribution in [3.8, 4) is 6.07 Å². The number of aliphatic carboxylic acids is 1. The Morgan fingerprint density at radius 1 is 1.74 bits per heavy atom. The first-order chi connectivity index (χ1) is 8.98. The number of nitrogens with zero attached hydrogens (tertiary/aromatic N) is 1. The normalized spacial score (nSPS) is 30.4. The molecular formula is C14H18N2O2S. The van der Waals surface area contributed by atoms with E-state index in [-0.39, 0.29) is 17.9 Å². The summed E-state index contributed by atoms with van der Waals surface area (Å²) >= 11 is 1.56. The Balaban J connectivity index is 2.30. The monoisotopic (exact) mass is 278 g/mol. The molecule has 2 rings (SSSR count). The molecule has 1 fully saturated rings. The first-order valence-corrected chi connectivity index (χ1v) is 7.30. The molecule has 4 nitrogen and oxygen atoms in total. The number of nitrogens with one attached hydrogen (secondary N) is 1. The van der Waals surface area contributed by atoms with Gasteiger partial charge in [-0.25, -0.2) is 0 Å². The van der Waals surface area contributed by atoms with E-state index in [1.165, 1.54) is 0 Å². The van der Waals surface area contributed by atoms with E-state index in [1.54, 1.807) is 11.3 Å². The van der Waals surface area contributed by atoms with E-state index in [0.29, 0.717) is 12.8 Å². The van der Waals surface area contributed by atoms with Crippen LogP contribution in [0, 0.1) is 23.2 Å². The van der Waals surface area contributed by atoms with Crippen molar-refractivity contribution in [3.05, 3.63) is 22.4 Å². The smallest absolute Gasteiger partial charge is 0.323 e. The summed E-state index contributed by atoms with van der Waals surface area (Å²) in [5.41, 5.74) is -0.969. The van der Waals surface area contributed by atoms with Crippen LogP contribution in [-0.4, -0.2) is 16.6 Å². The van der Waals surface area contributed by atoms with E-state index in [4.69, 9.17) is 0 Å². The zero-order chi connectivity index (χ0) is 14.0. The predicted molar refractivity (Wildman–Crippen MR) is 73.7 cm³/mol. The summed E-state index contributed by atoms with van der Waals surface area (Å²) in [5, 5.41) is 24.1. The molecule has 1 aliphatic heterocycles. The van der Waals surface area contributed by atoms with Crippen molar-refractivity contribution < 1.29 is 9.90 Å². The molecule has 0 bridgehead atoms. The third-order valence-electron chi connectivity index (χ3n) is 3.58. The number of rotatable bonds is 4. The molecule has 2 N–H and O–H groups in total. The zero-order valence-electron chi connectivity index (χ0n) is 11.1. The molecule has 0 saturated carbocycles. The fraction of sp³-hybridized carbons (Fsp3) is 0.571. The van der Waals surface area contributed by atoms with Gasteiger partial charge >= 0.3 is 5.97 Å². The first-order valence-electron chi connectivity index (χ1n) is 6.42. The van der Waals surface area contributed by atoms with Gasteiger partial charge in [-0.05, 0) is 30.2 Å². The number of carbonyl (C=O) groups is 1. The van der Waals surface area contributed by atoms with Gasteiger partial charge in [0.05, 0.1) is 18.0 Å². The minimum atomic E-state index is -0.969. The highest BCUT2D eigenvalue weighted by Crippen LogP contribution is 2.42. The lowest BCUT2D eigenvalue weighted by Crippen LogP contribution is -2.49. The molecule has 0 aromatic carbocycles. The summed E-state index contributed by atoms with van der Waals surface area (Å²) in [4.78, 5) is 12.7. The van der Waals surface area contributed by atoms with Crippen LogP contribution in [0.2, 0.25) is 0 Å². The summed E-state index contributed by atoms with van der Waals surface area (Å²) in [6, 6.07) is 5.99. The largest absolute Gasteiger partial charge is 0.480 e. The van der Waals surface area contributed by atoms with Crippen LogP contribution in [0.4, 0.5) is 0 Å². The number of thiophene rings is 1. The van der Waals surface area contributed by atoms with Crippen LogP contribution in [0.3, 0.4) is 0 Å². The fourth-order valence-electron chi connectivity index (χ4n) is 2.88. The van der Waals surface area contributed by atoms with E-state index < -0.39 is 11.5 Å². The van der Waals surface area contributed by atoms with Gasteiger partial charge in [-0.3, -0.25) is 10.1 Å². The van der Waals surface area contributed by atoms with Gasteiger partial charge in [-0.2, -0.15) is 5.26 Å². The van der Waals surface area contributed by atoms with E-state index in [2.05, 4.69) is 11.4 Å². The highest BCUT2D eigenvalue weighted by Gasteiger charge is 2.51. The summed E-state index contributed by atoms with van der Waals surface area (Å²) in [7, 11) is 0. The molecule has 2 heterocycles. The summed E-state index contributed by atoms with van der Waals surface area (Å²) < 4.78 is 0. The van der Waals surface area contributed by atoms with E-state index in [0.717, 1.165) is 4.88 Å². The number of nitriles is 1. The van der Waals surface area contributed by atoms with Crippen LogP contribution in [0.1, 0.15) is 37.6 Å². The molecule has 1 saturated heterocycles. The quantitative estimate of drug-likeness (QED) is 0.888. The highest BCUT2D eigenvalue weighted by molar-refractivity contribution is 7.10. The van der Waals surface area contributed by atoms with Crippen LogP contribution in [0.25, 0.3) is 0 Å². The van der Waals surface area contributed by atoms with Gasteiger partial charge in [0, 0.05) is 4.88 Å². The van der Waals surface area contributed by atoms with Crippen LogP contribution in [0.15, 0.2) is 17.5 Å². The van der Waals surface area contributed by atoms with Gasteiger partial charge in [0.1, 0.15) is 5.54 Å². The Kier molecular flexibility index (Phi) is 3.93. The van der Waals surface area contributed by atoms with Crippen molar-refractivity contribution in [2.24, 2.45) is 11.8 Å². The number of hydrogen-bond acceptors (Lipinski definition) is 4. The van der Waals surface area contributed by atoms with Gasteiger partial charge in [0.25, 0.3) is 0 Å². The maximum Gasteiger partial charge on any atom is 0.323 e. The molecule has 0 spiro atoms. The van der Waals surface area contributed by atoms with Crippen molar-refractivity contribution in [1.29, 1.82) is 5.26 Å². The van der Waals surface area contributed by atoms with Gasteiger partial charge in [-0.15, -0.1) is 11.3 Å². The van der Waals surface area contributed by atoms with E-state index in [9.17, 15) is 15.2 Å². The van der Waals surface area contributed by atoms with Crippen LogP contribution in [0.5, 0.6) is 0 Å². The van der Waals surface area contributed by atoms with Gasteiger partial charge < -0.3 is 5.11 Å². The molecule has 1 aliphatic rings. The Morgan fingerprint density at radius 2 is 2.47 bits per heavy atom. The Bertz CT molecular complexity index is 492. The molecule has 102 valence electrons.